The fourth-order valence-corrected chi connectivity index (χ4v) is 2.59. The predicted octanol–water partition coefficient (Wildman–Crippen LogP) is 2.50. The van der Waals surface area contributed by atoms with E-state index in [-0.39, 0.29) is 30.3 Å². The van der Waals surface area contributed by atoms with E-state index in [1.807, 2.05) is 26.0 Å². The van der Waals surface area contributed by atoms with Crippen LogP contribution in [0.4, 0.5) is 0 Å². The lowest BCUT2D eigenvalue weighted by atomic mass is 10.1. The average Bonchev–Trinajstić information content (AvgIpc) is 2.63. The molecule has 3 nitrogen and oxygen atoms in total. The van der Waals surface area contributed by atoms with E-state index < -0.39 is 0 Å². The number of carbonyl (C=O) groups is 1. The number of thiophene rings is 1. The SMILES string of the molecule is CC(C(=O)N[C@@H](C)CN)c1ccc(Br)s1.Cl. The van der Waals surface area contributed by atoms with E-state index in [2.05, 4.69) is 21.2 Å². The Morgan fingerprint density at radius 2 is 2.19 bits per heavy atom. The first-order chi connectivity index (χ1) is 7.04. The van der Waals surface area contributed by atoms with E-state index >= 15 is 0 Å². The predicted molar refractivity (Wildman–Crippen MR) is 74.3 cm³/mol. The van der Waals surface area contributed by atoms with Crippen LogP contribution in [0.15, 0.2) is 15.9 Å². The minimum Gasteiger partial charge on any atom is -0.352 e. The lowest BCUT2D eigenvalue weighted by Crippen LogP contribution is -2.39. The van der Waals surface area contributed by atoms with Gasteiger partial charge in [-0.25, -0.2) is 0 Å². The zero-order valence-corrected chi connectivity index (χ0v) is 12.4. The van der Waals surface area contributed by atoms with Gasteiger partial charge in [0.1, 0.15) is 0 Å². The fourth-order valence-electron chi connectivity index (χ4n) is 1.12. The summed E-state index contributed by atoms with van der Waals surface area (Å²) in [6.45, 7) is 4.26. The van der Waals surface area contributed by atoms with Crippen LogP contribution >= 0.6 is 39.7 Å². The Morgan fingerprint density at radius 1 is 1.56 bits per heavy atom. The van der Waals surface area contributed by atoms with Crippen LogP contribution < -0.4 is 11.1 Å². The molecule has 0 aromatic carbocycles. The first-order valence-electron chi connectivity index (χ1n) is 4.80. The second-order valence-electron chi connectivity index (χ2n) is 3.51. The van der Waals surface area contributed by atoms with Gasteiger partial charge >= 0.3 is 0 Å². The molecule has 0 saturated carbocycles. The van der Waals surface area contributed by atoms with E-state index in [0.29, 0.717) is 6.54 Å². The number of halogens is 2. The molecule has 0 aliphatic heterocycles. The zero-order chi connectivity index (χ0) is 11.4. The normalized spacial score (nSPS) is 13.8. The van der Waals surface area contributed by atoms with Crippen molar-refractivity contribution in [3.05, 3.63) is 20.8 Å². The van der Waals surface area contributed by atoms with Gasteiger partial charge in [-0.05, 0) is 41.9 Å². The highest BCUT2D eigenvalue weighted by Crippen LogP contribution is 2.28. The average molecular weight is 328 g/mol. The quantitative estimate of drug-likeness (QED) is 0.893. The molecule has 1 amide bonds. The molecule has 0 bridgehead atoms. The highest BCUT2D eigenvalue weighted by atomic mass is 79.9. The maximum absolute atomic E-state index is 11.7. The van der Waals surface area contributed by atoms with Gasteiger partial charge in [0, 0.05) is 17.5 Å². The van der Waals surface area contributed by atoms with Crippen LogP contribution in [0.2, 0.25) is 0 Å². The van der Waals surface area contributed by atoms with Crippen molar-refractivity contribution in [2.24, 2.45) is 5.73 Å². The maximum Gasteiger partial charge on any atom is 0.228 e. The number of rotatable bonds is 4. The van der Waals surface area contributed by atoms with Crippen molar-refractivity contribution in [1.82, 2.24) is 5.32 Å². The molecule has 1 heterocycles. The van der Waals surface area contributed by atoms with Gasteiger partial charge in [-0.1, -0.05) is 0 Å². The van der Waals surface area contributed by atoms with Crippen LogP contribution in [-0.4, -0.2) is 18.5 Å². The van der Waals surface area contributed by atoms with Gasteiger partial charge in [-0.3, -0.25) is 4.79 Å². The molecule has 1 rings (SSSR count). The monoisotopic (exact) mass is 326 g/mol. The lowest BCUT2D eigenvalue weighted by Gasteiger charge is -2.15. The molecule has 2 atom stereocenters. The Labute approximate surface area is 114 Å². The molecule has 92 valence electrons. The topological polar surface area (TPSA) is 55.1 Å². The van der Waals surface area contributed by atoms with Gasteiger partial charge < -0.3 is 11.1 Å². The summed E-state index contributed by atoms with van der Waals surface area (Å²) in [7, 11) is 0. The molecule has 1 aromatic heterocycles. The Hall–Kier alpha value is -0.100. The van der Waals surface area contributed by atoms with Gasteiger partial charge in [0.25, 0.3) is 0 Å². The fraction of sp³-hybridized carbons (Fsp3) is 0.500. The third-order valence-corrected chi connectivity index (χ3v) is 3.96. The third-order valence-electron chi connectivity index (χ3n) is 2.16. The second kappa shape index (κ2) is 7.27. The highest BCUT2D eigenvalue weighted by molar-refractivity contribution is 9.11. The second-order valence-corrected chi connectivity index (χ2v) is 6.00. The van der Waals surface area contributed by atoms with Crippen molar-refractivity contribution >= 4 is 45.6 Å². The molecule has 0 aliphatic rings. The Bertz CT molecular complexity index is 345. The largest absolute Gasteiger partial charge is 0.352 e. The van der Waals surface area contributed by atoms with Gasteiger partial charge in [0.15, 0.2) is 0 Å². The van der Waals surface area contributed by atoms with Crippen LogP contribution in [0.5, 0.6) is 0 Å². The van der Waals surface area contributed by atoms with E-state index in [0.717, 1.165) is 8.66 Å². The summed E-state index contributed by atoms with van der Waals surface area (Å²) in [5, 5.41) is 2.86. The van der Waals surface area contributed by atoms with Crippen molar-refractivity contribution in [2.75, 3.05) is 6.54 Å². The number of carbonyl (C=O) groups excluding carboxylic acids is 1. The number of nitrogens with two attached hydrogens (primary N) is 1. The van der Waals surface area contributed by atoms with Gasteiger partial charge in [0.05, 0.1) is 9.70 Å². The van der Waals surface area contributed by atoms with Gasteiger partial charge in [-0.15, -0.1) is 23.7 Å². The number of amides is 1. The minimum absolute atomic E-state index is 0. The van der Waals surface area contributed by atoms with Crippen molar-refractivity contribution in [1.29, 1.82) is 0 Å². The van der Waals surface area contributed by atoms with Crippen molar-refractivity contribution in [2.45, 2.75) is 25.8 Å². The minimum atomic E-state index is -0.115. The molecule has 1 aromatic rings. The van der Waals surface area contributed by atoms with Crippen LogP contribution in [0.1, 0.15) is 24.6 Å². The summed E-state index contributed by atoms with van der Waals surface area (Å²) < 4.78 is 1.05. The van der Waals surface area contributed by atoms with Gasteiger partial charge in [0.2, 0.25) is 5.91 Å². The van der Waals surface area contributed by atoms with Gasteiger partial charge in [-0.2, -0.15) is 0 Å². The molecule has 0 aliphatic carbocycles. The lowest BCUT2D eigenvalue weighted by molar-refractivity contribution is -0.122. The molecular weight excluding hydrogens is 312 g/mol. The summed E-state index contributed by atoms with van der Waals surface area (Å²) in [6.07, 6.45) is 0. The van der Waals surface area contributed by atoms with Crippen LogP contribution in [0, 0.1) is 0 Å². The Kier molecular flexibility index (Phi) is 7.22. The standard InChI is InChI=1S/C10H15BrN2OS.ClH/c1-6(5-12)13-10(14)7(2)8-3-4-9(11)15-8;/h3-4,6-7H,5,12H2,1-2H3,(H,13,14);1H/t6-,7?;/m0./s1. The van der Waals surface area contributed by atoms with Crippen molar-refractivity contribution in [3.63, 3.8) is 0 Å². The van der Waals surface area contributed by atoms with E-state index in [9.17, 15) is 4.79 Å². The van der Waals surface area contributed by atoms with E-state index in [1.165, 1.54) is 0 Å². The van der Waals surface area contributed by atoms with Crippen LogP contribution in [0.25, 0.3) is 0 Å². The molecule has 3 N–H and O–H groups in total. The smallest absolute Gasteiger partial charge is 0.228 e. The number of hydrogen-bond donors (Lipinski definition) is 2. The highest BCUT2D eigenvalue weighted by Gasteiger charge is 2.17. The van der Waals surface area contributed by atoms with E-state index in [1.54, 1.807) is 11.3 Å². The summed E-state index contributed by atoms with van der Waals surface area (Å²) in [5.41, 5.74) is 5.44. The first kappa shape index (κ1) is 15.9. The molecule has 0 fully saturated rings. The summed E-state index contributed by atoms with van der Waals surface area (Å²) in [6, 6.07) is 3.95. The Balaban J connectivity index is 0.00000225. The summed E-state index contributed by atoms with van der Waals surface area (Å²) in [5.74, 6) is -0.0856. The van der Waals surface area contributed by atoms with Crippen molar-refractivity contribution in [3.8, 4) is 0 Å². The third kappa shape index (κ3) is 4.41. The van der Waals surface area contributed by atoms with Crippen molar-refractivity contribution < 1.29 is 4.79 Å². The first-order valence-corrected chi connectivity index (χ1v) is 6.41. The van der Waals surface area contributed by atoms with E-state index in [4.69, 9.17) is 5.73 Å². The van der Waals surface area contributed by atoms with Crippen LogP contribution in [-0.2, 0) is 4.79 Å². The molecule has 1 unspecified atom stereocenters. The summed E-state index contributed by atoms with van der Waals surface area (Å²) in [4.78, 5) is 12.8. The Morgan fingerprint density at radius 3 is 2.62 bits per heavy atom. The molecule has 0 radical (unpaired) electrons. The zero-order valence-electron chi connectivity index (χ0n) is 9.20. The summed E-state index contributed by atoms with van der Waals surface area (Å²) >= 11 is 4.96. The maximum atomic E-state index is 11.7. The number of nitrogens with one attached hydrogen (secondary N) is 1. The number of hydrogen-bond acceptors (Lipinski definition) is 3. The molecule has 16 heavy (non-hydrogen) atoms. The molecule has 0 spiro atoms. The molecule has 0 saturated heterocycles. The molecule has 6 heteroatoms. The van der Waals surface area contributed by atoms with Crippen LogP contribution in [0.3, 0.4) is 0 Å². The molecular formula is C10H16BrClN2OS.